The molecule has 1 N–H and O–H groups in total. The van der Waals surface area contributed by atoms with E-state index < -0.39 is 17.5 Å². The van der Waals surface area contributed by atoms with Crippen molar-refractivity contribution in [2.24, 2.45) is 0 Å². The van der Waals surface area contributed by atoms with Gasteiger partial charge in [0.15, 0.2) is 0 Å². The first-order valence-electron chi connectivity index (χ1n) is 5.00. The lowest BCUT2D eigenvalue weighted by Crippen LogP contribution is -2.02. The van der Waals surface area contributed by atoms with Gasteiger partial charge in [-0.2, -0.15) is 0 Å². The van der Waals surface area contributed by atoms with Crippen molar-refractivity contribution in [2.75, 3.05) is 7.05 Å². The Morgan fingerprint density at radius 1 is 1.12 bits per heavy atom. The lowest BCUT2D eigenvalue weighted by molar-refractivity contribution is 0.548. The Labute approximate surface area is 101 Å². The third-order valence-electron chi connectivity index (χ3n) is 2.27. The fourth-order valence-corrected chi connectivity index (χ4v) is 2.63. The summed E-state index contributed by atoms with van der Waals surface area (Å²) in [5, 5.41) is 2.95. The van der Waals surface area contributed by atoms with Crippen LogP contribution < -0.4 is 5.32 Å². The molecule has 0 aliphatic rings. The van der Waals surface area contributed by atoms with Crippen molar-refractivity contribution in [3.8, 4) is 10.4 Å². The maximum Gasteiger partial charge on any atom is 0.137 e. The van der Waals surface area contributed by atoms with E-state index in [1.807, 2.05) is 0 Å². The monoisotopic (exact) mass is 257 g/mol. The van der Waals surface area contributed by atoms with E-state index in [1.54, 1.807) is 19.2 Å². The summed E-state index contributed by atoms with van der Waals surface area (Å²) >= 11 is 1.28. The molecule has 0 spiro atoms. The number of nitrogens with one attached hydrogen (secondary N) is 1. The summed E-state index contributed by atoms with van der Waals surface area (Å²) in [5.41, 5.74) is -0.168. The maximum absolute atomic E-state index is 13.5. The number of rotatable bonds is 3. The summed E-state index contributed by atoms with van der Waals surface area (Å²) in [6.07, 6.45) is 0. The lowest BCUT2D eigenvalue weighted by Gasteiger charge is -2.02. The van der Waals surface area contributed by atoms with E-state index in [-0.39, 0.29) is 5.56 Å². The summed E-state index contributed by atoms with van der Waals surface area (Å²) < 4.78 is 39.8. The molecule has 0 saturated carbocycles. The molecule has 1 nitrogen and oxygen atoms in total. The van der Waals surface area contributed by atoms with Crippen molar-refractivity contribution in [1.82, 2.24) is 5.32 Å². The van der Waals surface area contributed by atoms with Crippen LogP contribution in [0.15, 0.2) is 24.3 Å². The van der Waals surface area contributed by atoms with Gasteiger partial charge in [-0.3, -0.25) is 0 Å². The van der Waals surface area contributed by atoms with Gasteiger partial charge < -0.3 is 5.32 Å². The molecular weight excluding hydrogens is 247 g/mol. The first-order chi connectivity index (χ1) is 8.11. The number of thiophene rings is 1. The van der Waals surface area contributed by atoms with E-state index in [0.717, 1.165) is 4.88 Å². The predicted molar refractivity (Wildman–Crippen MR) is 62.4 cm³/mol. The molecule has 1 aromatic carbocycles. The molecule has 0 amide bonds. The van der Waals surface area contributed by atoms with Crippen molar-refractivity contribution in [2.45, 2.75) is 6.54 Å². The zero-order valence-electron chi connectivity index (χ0n) is 9.06. The highest BCUT2D eigenvalue weighted by Gasteiger charge is 2.15. The maximum atomic E-state index is 13.5. The zero-order chi connectivity index (χ0) is 12.4. The highest BCUT2D eigenvalue weighted by Crippen LogP contribution is 2.32. The molecular formula is C12H10F3NS. The van der Waals surface area contributed by atoms with E-state index >= 15 is 0 Å². The minimum Gasteiger partial charge on any atom is -0.315 e. The Kier molecular flexibility index (Phi) is 3.49. The Bertz CT molecular complexity index is 513. The summed E-state index contributed by atoms with van der Waals surface area (Å²) in [5.74, 6) is -2.66. The van der Waals surface area contributed by atoms with Gasteiger partial charge in [0.25, 0.3) is 0 Å². The van der Waals surface area contributed by atoms with E-state index in [4.69, 9.17) is 0 Å². The van der Waals surface area contributed by atoms with Crippen LogP contribution in [0.25, 0.3) is 10.4 Å². The second-order valence-corrected chi connectivity index (χ2v) is 4.71. The van der Waals surface area contributed by atoms with Crippen molar-refractivity contribution >= 4 is 11.3 Å². The van der Waals surface area contributed by atoms with E-state index in [9.17, 15) is 13.2 Å². The Morgan fingerprint density at radius 3 is 2.35 bits per heavy atom. The zero-order valence-corrected chi connectivity index (χ0v) is 9.88. The molecule has 0 radical (unpaired) electrons. The van der Waals surface area contributed by atoms with Gasteiger partial charge in [-0.15, -0.1) is 11.3 Å². The molecule has 0 aliphatic carbocycles. The molecule has 0 aliphatic heterocycles. The highest BCUT2D eigenvalue weighted by atomic mass is 32.1. The molecule has 0 atom stereocenters. The molecule has 0 unspecified atom stereocenters. The average Bonchev–Trinajstić information content (AvgIpc) is 2.65. The Hall–Kier alpha value is -1.33. The van der Waals surface area contributed by atoms with Crippen LogP contribution in [-0.2, 0) is 6.54 Å². The summed E-state index contributed by atoms with van der Waals surface area (Å²) in [6.45, 7) is 0.634. The summed E-state index contributed by atoms with van der Waals surface area (Å²) in [7, 11) is 1.79. The molecule has 2 aromatic rings. The van der Waals surface area contributed by atoms with Gasteiger partial charge in [0.2, 0.25) is 0 Å². The fourth-order valence-electron chi connectivity index (χ4n) is 1.56. The Morgan fingerprint density at radius 2 is 1.76 bits per heavy atom. The molecule has 0 saturated heterocycles. The van der Waals surface area contributed by atoms with Gasteiger partial charge in [0.1, 0.15) is 17.5 Å². The van der Waals surface area contributed by atoms with Crippen molar-refractivity contribution in [3.63, 3.8) is 0 Å². The van der Waals surface area contributed by atoms with Gasteiger partial charge in [-0.25, -0.2) is 13.2 Å². The SMILES string of the molecule is CNCc1ccc(-c2c(F)cc(F)cc2F)s1. The van der Waals surface area contributed by atoms with Gasteiger partial charge in [-0.05, 0) is 19.2 Å². The summed E-state index contributed by atoms with van der Waals surface area (Å²) in [6, 6.07) is 4.81. The van der Waals surface area contributed by atoms with Gasteiger partial charge >= 0.3 is 0 Å². The fraction of sp³-hybridized carbons (Fsp3) is 0.167. The number of hydrogen-bond donors (Lipinski definition) is 1. The average molecular weight is 257 g/mol. The third kappa shape index (κ3) is 2.50. The van der Waals surface area contributed by atoms with Crippen LogP contribution in [0.5, 0.6) is 0 Å². The van der Waals surface area contributed by atoms with Crippen molar-refractivity contribution in [1.29, 1.82) is 0 Å². The third-order valence-corrected chi connectivity index (χ3v) is 3.37. The van der Waals surface area contributed by atoms with Crippen LogP contribution in [0.4, 0.5) is 13.2 Å². The normalized spacial score (nSPS) is 10.8. The molecule has 2 rings (SSSR count). The van der Waals surface area contributed by atoms with Crippen molar-refractivity contribution in [3.05, 3.63) is 46.6 Å². The van der Waals surface area contributed by atoms with Crippen LogP contribution in [-0.4, -0.2) is 7.05 Å². The second kappa shape index (κ2) is 4.89. The van der Waals surface area contributed by atoms with Gasteiger partial charge in [-0.1, -0.05) is 0 Å². The molecule has 90 valence electrons. The molecule has 1 heterocycles. The molecule has 17 heavy (non-hydrogen) atoms. The number of hydrogen-bond acceptors (Lipinski definition) is 2. The van der Waals surface area contributed by atoms with Gasteiger partial charge in [0, 0.05) is 28.4 Å². The predicted octanol–water partition coefficient (Wildman–Crippen LogP) is 3.55. The minimum atomic E-state index is -0.907. The molecule has 0 bridgehead atoms. The van der Waals surface area contributed by atoms with Gasteiger partial charge in [0.05, 0.1) is 5.56 Å². The van der Waals surface area contributed by atoms with E-state index in [1.165, 1.54) is 11.3 Å². The molecule has 5 heteroatoms. The molecule has 0 fully saturated rings. The lowest BCUT2D eigenvalue weighted by atomic mass is 10.1. The first-order valence-corrected chi connectivity index (χ1v) is 5.81. The smallest absolute Gasteiger partial charge is 0.137 e. The topological polar surface area (TPSA) is 12.0 Å². The van der Waals surface area contributed by atoms with Crippen LogP contribution in [0.2, 0.25) is 0 Å². The standard InChI is InChI=1S/C12H10F3NS/c1-16-6-8-2-3-11(17-8)12-9(14)4-7(13)5-10(12)15/h2-5,16H,6H2,1H3. The largest absolute Gasteiger partial charge is 0.315 e. The van der Waals surface area contributed by atoms with Crippen LogP contribution in [0, 0.1) is 17.5 Å². The minimum absolute atomic E-state index is 0.168. The number of halogens is 3. The van der Waals surface area contributed by atoms with Crippen LogP contribution in [0.1, 0.15) is 4.88 Å². The molecule has 1 aromatic heterocycles. The van der Waals surface area contributed by atoms with E-state index in [2.05, 4.69) is 5.32 Å². The first kappa shape index (κ1) is 12.1. The van der Waals surface area contributed by atoms with Crippen molar-refractivity contribution < 1.29 is 13.2 Å². The van der Waals surface area contributed by atoms with E-state index in [0.29, 0.717) is 23.6 Å². The highest BCUT2D eigenvalue weighted by molar-refractivity contribution is 7.15. The van der Waals surface area contributed by atoms with Crippen LogP contribution in [0.3, 0.4) is 0 Å². The van der Waals surface area contributed by atoms with Crippen LogP contribution >= 0.6 is 11.3 Å². The Balaban J connectivity index is 2.45. The second-order valence-electron chi connectivity index (χ2n) is 3.54. The summed E-state index contributed by atoms with van der Waals surface area (Å²) in [4.78, 5) is 1.43. The number of benzene rings is 1. The quantitative estimate of drug-likeness (QED) is 0.886.